The number of amides is 5. The van der Waals surface area contributed by atoms with Gasteiger partial charge in [-0.3, -0.25) is 14.7 Å². The van der Waals surface area contributed by atoms with Crippen molar-refractivity contribution in [3.8, 4) is 5.69 Å². The fourth-order valence-corrected chi connectivity index (χ4v) is 7.08. The molecular formula is C38H56N8O7. The lowest BCUT2D eigenvalue weighted by molar-refractivity contribution is -0.138. The number of ether oxygens (including phenoxy) is 2. The number of carbonyl (C=O) groups is 4. The molecule has 1 aliphatic heterocycles. The number of aryl methyl sites for hydroxylation is 1. The van der Waals surface area contributed by atoms with Gasteiger partial charge >= 0.3 is 23.9 Å². The van der Waals surface area contributed by atoms with Crippen molar-refractivity contribution in [3.63, 3.8) is 0 Å². The van der Waals surface area contributed by atoms with E-state index in [0.29, 0.717) is 17.8 Å². The summed E-state index contributed by atoms with van der Waals surface area (Å²) in [5.41, 5.74) is 0.236. The molecule has 1 unspecified atom stereocenters. The summed E-state index contributed by atoms with van der Waals surface area (Å²) in [6, 6.07) is 7.98. The van der Waals surface area contributed by atoms with Crippen LogP contribution in [0.1, 0.15) is 92.2 Å². The molecule has 3 aliphatic rings. The molecule has 5 rings (SSSR count). The van der Waals surface area contributed by atoms with Gasteiger partial charge in [-0.05, 0) is 123 Å². The zero-order chi connectivity index (χ0) is 38.7. The van der Waals surface area contributed by atoms with Crippen LogP contribution >= 0.6 is 0 Å². The van der Waals surface area contributed by atoms with E-state index in [1.54, 1.807) is 56.7 Å². The van der Waals surface area contributed by atoms with Crippen molar-refractivity contribution in [2.75, 3.05) is 31.5 Å². The number of aromatic nitrogens is 2. The first kappa shape index (κ1) is 39.5. The lowest BCUT2D eigenvalue weighted by atomic mass is 9.87. The van der Waals surface area contributed by atoms with Crippen LogP contribution in [0, 0.1) is 0 Å². The third-order valence-electron chi connectivity index (χ3n) is 9.56. The first-order chi connectivity index (χ1) is 24.7. The van der Waals surface area contributed by atoms with Gasteiger partial charge in [0.05, 0.1) is 5.69 Å². The van der Waals surface area contributed by atoms with Crippen molar-refractivity contribution >= 4 is 29.9 Å². The number of hydrogen-bond acceptors (Lipinski definition) is 9. The molecule has 0 radical (unpaired) electrons. The monoisotopic (exact) mass is 736 g/mol. The molecule has 290 valence electrons. The smallest absolute Gasteiger partial charge is 0.408 e. The molecule has 3 atom stereocenters. The van der Waals surface area contributed by atoms with Crippen LogP contribution in [-0.4, -0.2) is 105 Å². The van der Waals surface area contributed by atoms with Gasteiger partial charge in [0.2, 0.25) is 5.91 Å². The highest BCUT2D eigenvalue weighted by atomic mass is 16.6. The molecule has 1 saturated carbocycles. The standard InChI is InChI=1S/C38H56N8O7/c1-36(2,3)52-34(50)40-28-13-12-27(23-28)39-26-11-9-25-22-29(14-10-24(25)21-26)46-16-15-30(42-33(46)49)41-32(48)45-19-17-44(18-20-45)31(47)38(7,8)43-35(51)53-37(4,5)6/h10,14-16,22,26-28,39H,9,11-13,17-21,23H2,1-8H3,(H,40,50)(H,43,51)(H,41,42,48,49)/t26?,27-,28-/m0/s1. The van der Waals surface area contributed by atoms with Gasteiger partial charge < -0.3 is 35.2 Å². The van der Waals surface area contributed by atoms with E-state index in [1.807, 2.05) is 32.9 Å². The largest absolute Gasteiger partial charge is 0.444 e. The number of nitrogens with zero attached hydrogens (tertiary/aromatic N) is 4. The molecule has 2 aromatic rings. The van der Waals surface area contributed by atoms with Crippen LogP contribution in [0.4, 0.5) is 20.2 Å². The van der Waals surface area contributed by atoms with E-state index < -0.39 is 34.6 Å². The summed E-state index contributed by atoms with van der Waals surface area (Å²) in [6.45, 7) is 15.2. The van der Waals surface area contributed by atoms with Crippen LogP contribution in [0.25, 0.3) is 5.69 Å². The number of alkyl carbamates (subject to hydrolysis) is 2. The van der Waals surface area contributed by atoms with Crippen LogP contribution in [0.15, 0.2) is 35.3 Å². The summed E-state index contributed by atoms with van der Waals surface area (Å²) in [6.07, 6.45) is 6.10. The van der Waals surface area contributed by atoms with Crippen LogP contribution < -0.4 is 27.0 Å². The molecule has 2 aliphatic carbocycles. The van der Waals surface area contributed by atoms with Gasteiger partial charge in [0.1, 0.15) is 22.6 Å². The van der Waals surface area contributed by atoms with Crippen molar-refractivity contribution in [2.45, 2.75) is 129 Å². The minimum absolute atomic E-state index is 0.107. The Morgan fingerprint density at radius 3 is 2.08 bits per heavy atom. The Balaban J connectivity index is 1.09. The number of piperazine rings is 1. The summed E-state index contributed by atoms with van der Waals surface area (Å²) in [5.74, 6) is -0.138. The van der Waals surface area contributed by atoms with E-state index in [-0.39, 0.29) is 50.0 Å². The average molecular weight is 737 g/mol. The van der Waals surface area contributed by atoms with E-state index in [2.05, 4.69) is 32.3 Å². The van der Waals surface area contributed by atoms with E-state index in [1.165, 1.54) is 15.7 Å². The zero-order valence-electron chi connectivity index (χ0n) is 32.3. The number of nitrogens with one attached hydrogen (secondary N) is 4. The highest BCUT2D eigenvalue weighted by molar-refractivity contribution is 5.90. The Kier molecular flexibility index (Phi) is 11.8. The van der Waals surface area contributed by atoms with E-state index >= 15 is 0 Å². The first-order valence-corrected chi connectivity index (χ1v) is 18.6. The topological polar surface area (TPSA) is 176 Å². The number of anilines is 1. The molecule has 1 aromatic heterocycles. The third-order valence-corrected chi connectivity index (χ3v) is 9.56. The van der Waals surface area contributed by atoms with Crippen molar-refractivity contribution < 1.29 is 28.7 Å². The number of carbonyl (C=O) groups excluding carboxylic acids is 4. The Morgan fingerprint density at radius 1 is 0.774 bits per heavy atom. The second-order valence-electron chi connectivity index (χ2n) is 16.8. The van der Waals surface area contributed by atoms with Crippen LogP contribution in [-0.2, 0) is 27.1 Å². The summed E-state index contributed by atoms with van der Waals surface area (Å²) in [4.78, 5) is 71.1. The SMILES string of the molecule is CC(C)(C)OC(=O)N[C@H]1CC[C@H](NC2CCc3cc(-n4ccc(NC(=O)N5CCN(C(=O)C(C)(C)NC(=O)OC(C)(C)C)CC5)nc4=O)ccc3C2)C1. The molecule has 2 fully saturated rings. The Morgan fingerprint density at radius 2 is 1.42 bits per heavy atom. The minimum atomic E-state index is -1.19. The lowest BCUT2D eigenvalue weighted by Gasteiger charge is -2.38. The summed E-state index contributed by atoms with van der Waals surface area (Å²) in [5, 5.41) is 12.2. The van der Waals surface area contributed by atoms with E-state index in [0.717, 1.165) is 38.5 Å². The number of rotatable bonds is 7. The second kappa shape index (κ2) is 15.7. The quantitative estimate of drug-likeness (QED) is 0.326. The molecule has 15 nitrogen and oxygen atoms in total. The van der Waals surface area contributed by atoms with Crippen LogP contribution in [0.5, 0.6) is 0 Å². The van der Waals surface area contributed by atoms with Crippen LogP contribution in [0.2, 0.25) is 0 Å². The number of fused-ring (bicyclic) bond motifs is 1. The summed E-state index contributed by atoms with van der Waals surface area (Å²) >= 11 is 0. The maximum Gasteiger partial charge on any atom is 0.408 e. The maximum atomic E-state index is 13.2. The summed E-state index contributed by atoms with van der Waals surface area (Å²) in [7, 11) is 0. The van der Waals surface area contributed by atoms with Gasteiger partial charge in [-0.15, -0.1) is 0 Å². The number of urea groups is 1. The summed E-state index contributed by atoms with van der Waals surface area (Å²) < 4.78 is 12.2. The third kappa shape index (κ3) is 10.9. The normalized spacial score (nSPS) is 20.6. The molecule has 53 heavy (non-hydrogen) atoms. The van der Waals surface area contributed by atoms with Crippen molar-refractivity contribution in [3.05, 3.63) is 52.1 Å². The molecule has 1 saturated heterocycles. The Bertz CT molecular complexity index is 1740. The van der Waals surface area contributed by atoms with E-state index in [9.17, 15) is 24.0 Å². The fourth-order valence-electron chi connectivity index (χ4n) is 7.08. The molecular weight excluding hydrogens is 680 g/mol. The predicted octanol–water partition coefficient (Wildman–Crippen LogP) is 4.10. The second-order valence-corrected chi connectivity index (χ2v) is 16.8. The first-order valence-electron chi connectivity index (χ1n) is 18.6. The van der Waals surface area contributed by atoms with Gasteiger partial charge in [0.25, 0.3) is 0 Å². The van der Waals surface area contributed by atoms with Gasteiger partial charge in [-0.2, -0.15) is 4.98 Å². The lowest BCUT2D eigenvalue weighted by Crippen LogP contribution is -2.60. The zero-order valence-corrected chi connectivity index (χ0v) is 32.3. The van der Waals surface area contributed by atoms with Gasteiger partial charge in [0.15, 0.2) is 0 Å². The molecule has 5 amide bonds. The highest BCUT2D eigenvalue weighted by Gasteiger charge is 2.37. The maximum absolute atomic E-state index is 13.2. The predicted molar refractivity (Wildman–Crippen MR) is 200 cm³/mol. The van der Waals surface area contributed by atoms with Crippen molar-refractivity contribution in [1.82, 2.24) is 35.3 Å². The minimum Gasteiger partial charge on any atom is -0.444 e. The Hall–Kier alpha value is -4.66. The van der Waals surface area contributed by atoms with Gasteiger partial charge in [0, 0.05) is 50.5 Å². The highest BCUT2D eigenvalue weighted by Crippen LogP contribution is 2.27. The van der Waals surface area contributed by atoms with Gasteiger partial charge in [-0.1, -0.05) is 6.07 Å². The fraction of sp³-hybridized carbons (Fsp3) is 0.632. The Labute approximate surface area is 311 Å². The molecule has 15 heteroatoms. The van der Waals surface area contributed by atoms with Crippen molar-refractivity contribution in [1.29, 1.82) is 0 Å². The molecule has 1 aromatic carbocycles. The molecule has 2 heterocycles. The van der Waals surface area contributed by atoms with Gasteiger partial charge in [-0.25, -0.2) is 19.2 Å². The number of hydrogen-bond donors (Lipinski definition) is 4. The van der Waals surface area contributed by atoms with E-state index in [4.69, 9.17) is 9.47 Å². The van der Waals surface area contributed by atoms with Crippen molar-refractivity contribution in [2.24, 2.45) is 0 Å². The van der Waals surface area contributed by atoms with Crippen LogP contribution in [0.3, 0.4) is 0 Å². The molecule has 0 bridgehead atoms. The molecule has 0 spiro atoms. The number of benzene rings is 1. The molecule has 4 N–H and O–H groups in total. The average Bonchev–Trinajstić information content (AvgIpc) is 3.48.